The van der Waals surface area contributed by atoms with Crippen LogP contribution in [-0.2, 0) is 14.3 Å². The first-order valence-corrected chi connectivity index (χ1v) is 18.4. The van der Waals surface area contributed by atoms with Gasteiger partial charge in [0.2, 0.25) is 0 Å². The summed E-state index contributed by atoms with van der Waals surface area (Å²) in [4.78, 5) is 21.6. The van der Waals surface area contributed by atoms with Crippen LogP contribution in [0.5, 0.6) is 0 Å². The summed E-state index contributed by atoms with van der Waals surface area (Å²) in [6, 6.07) is 0. The average molecular weight is 617 g/mol. The summed E-state index contributed by atoms with van der Waals surface area (Å²) in [5.74, 6) is 4.32. The molecule has 6 nitrogen and oxygen atoms in total. The lowest BCUT2D eigenvalue weighted by molar-refractivity contribution is -0.150. The Balaban J connectivity index is 0.00000124. The number of carbonyl (C=O) groups is 2. The maximum absolute atomic E-state index is 12.6. The van der Waals surface area contributed by atoms with E-state index in [1.165, 1.54) is 70.6 Å². The van der Waals surface area contributed by atoms with Crippen LogP contribution >= 0.6 is 0 Å². The van der Waals surface area contributed by atoms with Crippen LogP contribution in [-0.4, -0.2) is 49.3 Å². The van der Waals surface area contributed by atoms with Gasteiger partial charge in [-0.3, -0.25) is 9.59 Å². The van der Waals surface area contributed by atoms with Crippen molar-refractivity contribution in [2.45, 2.75) is 144 Å². The van der Waals surface area contributed by atoms with Gasteiger partial charge in [0.1, 0.15) is 6.10 Å². The van der Waals surface area contributed by atoms with Gasteiger partial charge < -0.3 is 20.5 Å². The van der Waals surface area contributed by atoms with Crippen molar-refractivity contribution in [2.75, 3.05) is 26.2 Å². The molecule has 0 amide bonds. The molecular formula is C38H68N2O4. The molecule has 3 N–H and O–H groups in total. The molecule has 4 rings (SSSR count). The van der Waals surface area contributed by atoms with Gasteiger partial charge in [0.05, 0.1) is 6.54 Å². The van der Waals surface area contributed by atoms with E-state index in [1.807, 2.05) is 0 Å². The molecular weight excluding hydrogens is 548 g/mol. The van der Waals surface area contributed by atoms with Gasteiger partial charge in [0.15, 0.2) is 0 Å². The number of hydrogen-bond donors (Lipinski definition) is 3. The molecule has 0 radical (unpaired) electrons. The summed E-state index contributed by atoms with van der Waals surface area (Å²) < 4.78 is 6.00. The summed E-state index contributed by atoms with van der Waals surface area (Å²) in [6.07, 6.45) is 20.6. The van der Waals surface area contributed by atoms with Crippen LogP contribution in [0.25, 0.3) is 0 Å². The van der Waals surface area contributed by atoms with Gasteiger partial charge in [-0.05, 0) is 124 Å². The summed E-state index contributed by atoms with van der Waals surface area (Å²) in [7, 11) is 0. The Bertz CT molecular complexity index is 930. The van der Waals surface area contributed by atoms with Crippen molar-refractivity contribution in [1.29, 1.82) is 0 Å². The zero-order valence-corrected chi connectivity index (χ0v) is 29.5. The van der Waals surface area contributed by atoms with E-state index in [1.54, 1.807) is 5.57 Å². The first-order valence-electron chi connectivity index (χ1n) is 18.4. The number of carboxylic acids is 1. The van der Waals surface area contributed by atoms with E-state index in [0.717, 1.165) is 81.3 Å². The molecule has 0 aromatic heterocycles. The van der Waals surface area contributed by atoms with Gasteiger partial charge >= 0.3 is 5.97 Å². The standard InChI is InChI=1S/C36H64N2O2.C2H4O2/c1-7-37-22-9-8-10-23-38-25-34(39)40-29-18-20-35(5)28(24-29)14-15-30-32-17-16-31(27(4)13-11-12-26(2)3)36(32,6)21-19-33(30)35;1-2(3)4/h14,26-27,29-33,37-38H,7-13,15-25H2,1-6H3;1H3,(H,3,4)/t27-,29?,30?,31-,32?,33?,35+,36-;/m1./s1. The fraction of sp³-hybridized carbons (Fsp3) is 0.895. The minimum atomic E-state index is -0.833. The fourth-order valence-corrected chi connectivity index (χ4v) is 10.0. The Labute approximate surface area is 270 Å². The van der Waals surface area contributed by atoms with Crippen molar-refractivity contribution in [3.05, 3.63) is 11.6 Å². The van der Waals surface area contributed by atoms with Crippen molar-refractivity contribution >= 4 is 11.9 Å². The number of hydrogen-bond acceptors (Lipinski definition) is 5. The normalized spacial score (nSPS) is 33.3. The van der Waals surface area contributed by atoms with Crippen LogP contribution in [0.1, 0.15) is 138 Å². The van der Waals surface area contributed by atoms with Gasteiger partial charge in [0, 0.05) is 13.3 Å². The van der Waals surface area contributed by atoms with Gasteiger partial charge in [0.25, 0.3) is 5.97 Å². The molecule has 0 spiro atoms. The smallest absolute Gasteiger partial charge is 0.320 e. The molecule has 4 aliphatic rings. The van der Waals surface area contributed by atoms with Gasteiger partial charge in [-0.25, -0.2) is 0 Å². The number of aliphatic carboxylic acids is 1. The van der Waals surface area contributed by atoms with Crippen molar-refractivity contribution in [1.82, 2.24) is 10.6 Å². The number of carbonyl (C=O) groups excluding carboxylic acids is 1. The van der Waals surface area contributed by atoms with E-state index in [-0.39, 0.29) is 12.1 Å². The van der Waals surface area contributed by atoms with Crippen LogP contribution in [0, 0.1) is 46.3 Å². The lowest BCUT2D eigenvalue weighted by Gasteiger charge is -2.58. The maximum atomic E-state index is 12.6. The molecule has 6 heteroatoms. The molecule has 44 heavy (non-hydrogen) atoms. The highest BCUT2D eigenvalue weighted by molar-refractivity contribution is 5.71. The number of allylic oxidation sites excluding steroid dienone is 1. The second-order valence-electron chi connectivity index (χ2n) is 15.8. The number of fused-ring (bicyclic) bond motifs is 5. The second kappa shape index (κ2) is 17.5. The molecule has 3 fully saturated rings. The van der Waals surface area contributed by atoms with E-state index in [4.69, 9.17) is 14.6 Å². The molecule has 4 unspecified atom stereocenters. The van der Waals surface area contributed by atoms with Gasteiger partial charge in [-0.2, -0.15) is 0 Å². The predicted octanol–water partition coefficient (Wildman–Crippen LogP) is 8.40. The van der Waals surface area contributed by atoms with Gasteiger partial charge in [-0.15, -0.1) is 0 Å². The zero-order valence-electron chi connectivity index (χ0n) is 29.5. The maximum Gasteiger partial charge on any atom is 0.320 e. The summed E-state index contributed by atoms with van der Waals surface area (Å²) in [6.45, 7) is 19.2. The quantitative estimate of drug-likeness (QED) is 0.0973. The van der Waals surface area contributed by atoms with Crippen LogP contribution in [0.15, 0.2) is 11.6 Å². The van der Waals surface area contributed by atoms with Crippen molar-refractivity contribution < 1.29 is 19.4 Å². The van der Waals surface area contributed by atoms with Crippen LogP contribution in [0.2, 0.25) is 0 Å². The Hall–Kier alpha value is -1.40. The number of unbranched alkanes of at least 4 members (excludes halogenated alkanes) is 2. The molecule has 0 heterocycles. The Morgan fingerprint density at radius 2 is 1.66 bits per heavy atom. The summed E-state index contributed by atoms with van der Waals surface area (Å²) >= 11 is 0. The summed E-state index contributed by atoms with van der Waals surface area (Å²) in [5, 5.41) is 14.1. The first-order chi connectivity index (χ1) is 20.9. The lowest BCUT2D eigenvalue weighted by atomic mass is 9.47. The number of carboxylic acid groups (broad SMARTS) is 1. The molecule has 0 aromatic carbocycles. The average Bonchev–Trinajstić information content (AvgIpc) is 3.31. The fourth-order valence-electron chi connectivity index (χ4n) is 10.0. The summed E-state index contributed by atoms with van der Waals surface area (Å²) in [5.41, 5.74) is 2.48. The minimum Gasteiger partial charge on any atom is -0.481 e. The van der Waals surface area contributed by atoms with Crippen LogP contribution < -0.4 is 10.6 Å². The van der Waals surface area contributed by atoms with E-state index in [2.05, 4.69) is 58.3 Å². The molecule has 0 aliphatic heterocycles. The first kappa shape index (κ1) is 37.1. The third-order valence-corrected chi connectivity index (χ3v) is 12.3. The van der Waals surface area contributed by atoms with E-state index < -0.39 is 5.97 Å². The van der Waals surface area contributed by atoms with Crippen molar-refractivity contribution in [3.8, 4) is 0 Å². The monoisotopic (exact) mass is 617 g/mol. The molecule has 4 aliphatic carbocycles. The molecule has 0 bridgehead atoms. The van der Waals surface area contributed by atoms with E-state index in [0.29, 0.717) is 17.4 Å². The van der Waals surface area contributed by atoms with E-state index in [9.17, 15) is 4.79 Å². The number of rotatable bonds is 15. The number of ether oxygens (including phenoxy) is 1. The van der Waals surface area contributed by atoms with E-state index >= 15 is 0 Å². The van der Waals surface area contributed by atoms with Crippen molar-refractivity contribution in [2.24, 2.45) is 46.3 Å². The molecule has 0 aromatic rings. The van der Waals surface area contributed by atoms with Gasteiger partial charge in [-0.1, -0.05) is 78.9 Å². The molecule has 3 saturated carbocycles. The Kier molecular flexibility index (Phi) is 14.7. The lowest BCUT2D eigenvalue weighted by Crippen LogP contribution is -2.51. The Morgan fingerprint density at radius 1 is 0.955 bits per heavy atom. The highest BCUT2D eigenvalue weighted by Gasteiger charge is 2.59. The third kappa shape index (κ3) is 9.80. The highest BCUT2D eigenvalue weighted by Crippen LogP contribution is 2.67. The van der Waals surface area contributed by atoms with Crippen LogP contribution in [0.4, 0.5) is 0 Å². The van der Waals surface area contributed by atoms with Crippen molar-refractivity contribution in [3.63, 3.8) is 0 Å². The minimum absolute atomic E-state index is 0.0662. The molecule has 8 atom stereocenters. The molecule has 254 valence electrons. The SMILES string of the molecule is CC(=O)O.CCNCCCCCNCC(=O)OC1CC[C@@]2(C)C(=CCC3C2CC[C@@]2(C)C3CC[C@@H]2[C@H](C)CCCC(C)C)C1. The largest absolute Gasteiger partial charge is 0.481 e. The topological polar surface area (TPSA) is 87.7 Å². The number of nitrogens with one attached hydrogen (secondary N) is 2. The predicted molar refractivity (Wildman–Crippen MR) is 182 cm³/mol. The Morgan fingerprint density at radius 3 is 2.34 bits per heavy atom. The third-order valence-electron chi connectivity index (χ3n) is 12.3. The molecule has 0 saturated heterocycles. The van der Waals surface area contributed by atoms with Crippen LogP contribution in [0.3, 0.4) is 0 Å². The number of esters is 1. The zero-order chi connectivity index (χ0) is 32.3. The second-order valence-corrected chi connectivity index (χ2v) is 15.8. The highest BCUT2D eigenvalue weighted by atomic mass is 16.5.